The van der Waals surface area contributed by atoms with Crippen LogP contribution in [0.25, 0.3) is 0 Å². The molecule has 0 saturated heterocycles. The molecular weight excluding hydrogens is 262 g/mol. The molecule has 1 amide bonds. The molecule has 0 heterocycles. The van der Waals surface area contributed by atoms with Crippen LogP contribution in [-0.2, 0) is 4.79 Å². The summed E-state index contributed by atoms with van der Waals surface area (Å²) in [6.45, 7) is 1.68. The SMILES string of the molecule is C[C@@H](Oc1ccccc1Cl)C(=O)Nc1ccccc1. The van der Waals surface area contributed by atoms with E-state index >= 15 is 0 Å². The van der Waals surface area contributed by atoms with Crippen LogP contribution in [0, 0.1) is 0 Å². The van der Waals surface area contributed by atoms with E-state index in [1.54, 1.807) is 19.1 Å². The standard InChI is InChI=1S/C15H14ClNO2/c1-11(19-14-10-6-5-9-13(14)16)15(18)17-12-7-3-2-4-8-12/h2-11H,1H3,(H,17,18)/t11-/m1/s1. The van der Waals surface area contributed by atoms with Gasteiger partial charge in [0.1, 0.15) is 5.75 Å². The lowest BCUT2D eigenvalue weighted by atomic mass is 10.3. The highest BCUT2D eigenvalue weighted by molar-refractivity contribution is 6.32. The predicted molar refractivity (Wildman–Crippen MR) is 76.6 cm³/mol. The van der Waals surface area contributed by atoms with E-state index in [1.165, 1.54) is 0 Å². The number of para-hydroxylation sites is 2. The highest BCUT2D eigenvalue weighted by Gasteiger charge is 2.15. The number of halogens is 1. The van der Waals surface area contributed by atoms with Gasteiger partial charge >= 0.3 is 0 Å². The van der Waals surface area contributed by atoms with Crippen molar-refractivity contribution >= 4 is 23.2 Å². The summed E-state index contributed by atoms with van der Waals surface area (Å²) in [5.41, 5.74) is 0.738. The number of hydrogen-bond acceptors (Lipinski definition) is 2. The van der Waals surface area contributed by atoms with Crippen LogP contribution < -0.4 is 10.1 Å². The molecule has 0 aromatic heterocycles. The van der Waals surface area contributed by atoms with E-state index in [2.05, 4.69) is 5.32 Å². The Balaban J connectivity index is 1.98. The Morgan fingerprint density at radius 1 is 1.11 bits per heavy atom. The molecule has 19 heavy (non-hydrogen) atoms. The quantitative estimate of drug-likeness (QED) is 0.923. The lowest BCUT2D eigenvalue weighted by Crippen LogP contribution is -2.30. The van der Waals surface area contributed by atoms with Gasteiger partial charge in [-0.15, -0.1) is 0 Å². The molecule has 0 aliphatic rings. The van der Waals surface area contributed by atoms with Crippen LogP contribution in [0.2, 0.25) is 5.02 Å². The average molecular weight is 276 g/mol. The van der Waals surface area contributed by atoms with Gasteiger partial charge in [-0.3, -0.25) is 4.79 Å². The molecule has 2 aromatic carbocycles. The molecule has 0 spiro atoms. The minimum absolute atomic E-state index is 0.217. The molecule has 0 bridgehead atoms. The van der Waals surface area contributed by atoms with E-state index in [0.29, 0.717) is 10.8 Å². The second-order valence-corrected chi connectivity index (χ2v) is 4.45. The van der Waals surface area contributed by atoms with Gasteiger partial charge in [-0.05, 0) is 31.2 Å². The molecule has 1 atom stereocenters. The Bertz CT molecular complexity index is 557. The van der Waals surface area contributed by atoms with Crippen molar-refractivity contribution in [2.24, 2.45) is 0 Å². The van der Waals surface area contributed by atoms with Gasteiger partial charge in [0.15, 0.2) is 6.10 Å². The fourth-order valence-electron chi connectivity index (χ4n) is 1.55. The molecule has 0 saturated carbocycles. The van der Waals surface area contributed by atoms with Gasteiger partial charge in [-0.25, -0.2) is 0 Å². The summed E-state index contributed by atoms with van der Waals surface area (Å²) in [6.07, 6.45) is -0.625. The molecule has 0 aliphatic heterocycles. The van der Waals surface area contributed by atoms with Gasteiger partial charge < -0.3 is 10.1 Å². The maximum absolute atomic E-state index is 11.9. The number of hydrogen-bond donors (Lipinski definition) is 1. The number of rotatable bonds is 4. The maximum Gasteiger partial charge on any atom is 0.265 e. The summed E-state index contributed by atoms with van der Waals surface area (Å²) in [5.74, 6) is 0.283. The van der Waals surface area contributed by atoms with E-state index in [0.717, 1.165) is 5.69 Å². The van der Waals surface area contributed by atoms with Crippen molar-refractivity contribution in [3.8, 4) is 5.75 Å². The first-order chi connectivity index (χ1) is 9.16. The smallest absolute Gasteiger partial charge is 0.265 e. The molecule has 3 nitrogen and oxygen atoms in total. The average Bonchev–Trinajstić information content (AvgIpc) is 2.42. The maximum atomic E-state index is 11.9. The number of benzene rings is 2. The second kappa shape index (κ2) is 6.25. The number of amides is 1. The minimum Gasteiger partial charge on any atom is -0.479 e. The third-order valence-electron chi connectivity index (χ3n) is 2.55. The zero-order chi connectivity index (χ0) is 13.7. The van der Waals surface area contributed by atoms with E-state index < -0.39 is 6.10 Å². The van der Waals surface area contributed by atoms with Crippen molar-refractivity contribution in [3.05, 3.63) is 59.6 Å². The predicted octanol–water partition coefficient (Wildman–Crippen LogP) is 3.75. The monoisotopic (exact) mass is 275 g/mol. The molecule has 0 aliphatic carbocycles. The first-order valence-electron chi connectivity index (χ1n) is 5.94. The van der Waals surface area contributed by atoms with Crippen molar-refractivity contribution in [2.75, 3.05) is 5.32 Å². The van der Waals surface area contributed by atoms with Gasteiger partial charge in [-0.1, -0.05) is 41.9 Å². The topological polar surface area (TPSA) is 38.3 Å². The Kier molecular flexibility index (Phi) is 4.42. The number of ether oxygens (including phenoxy) is 1. The van der Waals surface area contributed by atoms with Crippen LogP contribution in [0.15, 0.2) is 54.6 Å². The summed E-state index contributed by atoms with van der Waals surface area (Å²) in [6, 6.07) is 16.3. The first-order valence-corrected chi connectivity index (χ1v) is 6.31. The summed E-state index contributed by atoms with van der Waals surface area (Å²) >= 11 is 5.98. The third-order valence-corrected chi connectivity index (χ3v) is 2.86. The van der Waals surface area contributed by atoms with Crippen molar-refractivity contribution in [1.82, 2.24) is 0 Å². The Morgan fingerprint density at radius 2 is 1.74 bits per heavy atom. The lowest BCUT2D eigenvalue weighted by molar-refractivity contribution is -0.122. The highest BCUT2D eigenvalue weighted by Crippen LogP contribution is 2.24. The molecule has 98 valence electrons. The van der Waals surface area contributed by atoms with Gasteiger partial charge in [0.05, 0.1) is 5.02 Å². The molecule has 1 N–H and O–H groups in total. The summed E-state index contributed by atoms with van der Waals surface area (Å²) in [5, 5.41) is 3.26. The van der Waals surface area contributed by atoms with Crippen LogP contribution in [-0.4, -0.2) is 12.0 Å². The fourth-order valence-corrected chi connectivity index (χ4v) is 1.73. The lowest BCUT2D eigenvalue weighted by Gasteiger charge is -2.15. The van der Waals surface area contributed by atoms with Gasteiger partial charge in [0.2, 0.25) is 0 Å². The van der Waals surface area contributed by atoms with Crippen LogP contribution in [0.5, 0.6) is 5.75 Å². The Hall–Kier alpha value is -2.00. The van der Waals surface area contributed by atoms with Gasteiger partial charge in [-0.2, -0.15) is 0 Å². The van der Waals surface area contributed by atoms with E-state index in [-0.39, 0.29) is 5.91 Å². The normalized spacial score (nSPS) is 11.7. The van der Waals surface area contributed by atoms with E-state index in [9.17, 15) is 4.79 Å². The first kappa shape index (κ1) is 13.4. The largest absolute Gasteiger partial charge is 0.479 e. The van der Waals surface area contributed by atoms with Crippen molar-refractivity contribution in [3.63, 3.8) is 0 Å². The number of nitrogens with one attached hydrogen (secondary N) is 1. The van der Waals surface area contributed by atoms with Crippen LogP contribution in [0.3, 0.4) is 0 Å². The molecule has 0 fully saturated rings. The van der Waals surface area contributed by atoms with Crippen molar-refractivity contribution < 1.29 is 9.53 Å². The van der Waals surface area contributed by atoms with Gasteiger partial charge in [0, 0.05) is 5.69 Å². The van der Waals surface area contributed by atoms with Gasteiger partial charge in [0.25, 0.3) is 5.91 Å². The molecule has 0 unspecified atom stereocenters. The molecular formula is C15H14ClNO2. The van der Waals surface area contributed by atoms with Crippen LogP contribution in [0.1, 0.15) is 6.92 Å². The summed E-state index contributed by atoms with van der Waals surface area (Å²) < 4.78 is 5.54. The fraction of sp³-hybridized carbons (Fsp3) is 0.133. The van der Waals surface area contributed by atoms with E-state index in [1.807, 2.05) is 42.5 Å². The summed E-state index contributed by atoms with van der Waals surface area (Å²) in [7, 11) is 0. The second-order valence-electron chi connectivity index (χ2n) is 4.05. The number of carbonyl (C=O) groups is 1. The molecule has 0 radical (unpaired) electrons. The molecule has 2 rings (SSSR count). The Labute approximate surface area is 117 Å². The summed E-state index contributed by atoms with van der Waals surface area (Å²) in [4.78, 5) is 11.9. The zero-order valence-electron chi connectivity index (χ0n) is 10.5. The Morgan fingerprint density at radius 3 is 2.42 bits per heavy atom. The zero-order valence-corrected chi connectivity index (χ0v) is 11.2. The molecule has 4 heteroatoms. The minimum atomic E-state index is -0.625. The van der Waals surface area contributed by atoms with Crippen molar-refractivity contribution in [1.29, 1.82) is 0 Å². The third kappa shape index (κ3) is 3.73. The van der Waals surface area contributed by atoms with Crippen LogP contribution >= 0.6 is 11.6 Å². The number of anilines is 1. The molecule has 2 aromatic rings. The highest BCUT2D eigenvalue weighted by atomic mass is 35.5. The van der Waals surface area contributed by atoms with Crippen molar-refractivity contribution in [2.45, 2.75) is 13.0 Å². The van der Waals surface area contributed by atoms with Crippen LogP contribution in [0.4, 0.5) is 5.69 Å². The number of carbonyl (C=O) groups excluding carboxylic acids is 1. The van der Waals surface area contributed by atoms with E-state index in [4.69, 9.17) is 16.3 Å².